The summed E-state index contributed by atoms with van der Waals surface area (Å²) in [4.78, 5) is 14.8. The molecule has 6 nitrogen and oxygen atoms in total. The van der Waals surface area contributed by atoms with Crippen molar-refractivity contribution in [2.24, 2.45) is 0 Å². The quantitative estimate of drug-likeness (QED) is 0.586. The maximum atomic E-state index is 13.1. The van der Waals surface area contributed by atoms with E-state index in [9.17, 15) is 9.90 Å². The molecule has 2 aromatic carbocycles. The average Bonchev–Trinajstić information content (AvgIpc) is 3.18. The first kappa shape index (κ1) is 25.7. The second-order valence-corrected chi connectivity index (χ2v) is 11.8. The molecule has 2 fully saturated rings. The molecule has 0 aliphatic carbocycles. The fourth-order valence-electron chi connectivity index (χ4n) is 5.04. The van der Waals surface area contributed by atoms with Crippen LogP contribution < -0.4 is 5.46 Å². The zero-order valence-electron chi connectivity index (χ0n) is 22.0. The number of cyclic esters (lactones) is 1. The van der Waals surface area contributed by atoms with Gasteiger partial charge in [0.2, 0.25) is 0 Å². The van der Waals surface area contributed by atoms with Crippen molar-refractivity contribution in [2.45, 2.75) is 89.8 Å². The number of ether oxygens (including phenoxy) is 1. The summed E-state index contributed by atoms with van der Waals surface area (Å²) in [5.41, 5.74) is 0.458. The van der Waals surface area contributed by atoms with E-state index in [1.807, 2.05) is 89.2 Å². The first-order valence-electron chi connectivity index (χ1n) is 12.4. The molecule has 1 N–H and O–H groups in total. The summed E-state index contributed by atoms with van der Waals surface area (Å²) in [6.07, 6.45) is 0.547. The summed E-state index contributed by atoms with van der Waals surface area (Å²) in [6.45, 7) is 14.1. The molecule has 2 saturated heterocycles. The van der Waals surface area contributed by atoms with Gasteiger partial charge >= 0.3 is 13.2 Å². The molecule has 0 radical (unpaired) electrons. The lowest BCUT2D eigenvalue weighted by atomic mass is 9.78. The predicted molar refractivity (Wildman–Crippen MR) is 138 cm³/mol. The van der Waals surface area contributed by atoms with Gasteiger partial charge in [0, 0.05) is 12.8 Å². The van der Waals surface area contributed by atoms with Gasteiger partial charge < -0.3 is 19.2 Å². The summed E-state index contributed by atoms with van der Waals surface area (Å²) < 4.78 is 18.4. The lowest BCUT2D eigenvalue weighted by Crippen LogP contribution is -2.43. The van der Waals surface area contributed by atoms with E-state index >= 15 is 0 Å². The molecule has 2 heterocycles. The molecule has 1 amide bonds. The van der Waals surface area contributed by atoms with E-state index in [4.69, 9.17) is 14.0 Å². The fraction of sp³-hybridized carbons (Fsp3) is 0.536. The molecule has 0 saturated carbocycles. The summed E-state index contributed by atoms with van der Waals surface area (Å²) in [7, 11) is -0.425. The van der Waals surface area contributed by atoms with Crippen LogP contribution in [0.25, 0.3) is 0 Å². The molecule has 7 heteroatoms. The van der Waals surface area contributed by atoms with Crippen LogP contribution in [0, 0.1) is 0 Å². The number of benzene rings is 2. The second-order valence-electron chi connectivity index (χ2n) is 11.8. The van der Waals surface area contributed by atoms with Crippen LogP contribution in [-0.2, 0) is 20.5 Å². The standard InChI is InChI=1S/C28H38BNO5/c1-20(22-13-15-23(16-14-22)29-34-26(4,5)27(6,7)35-29)30-19-28(33-24(30)31,18-25(2,3)32)17-21-11-9-8-10-12-21/h8-16,20,32H,17-19H2,1-7H3/t20?,28-/m0/s1. The Labute approximate surface area is 209 Å². The monoisotopic (exact) mass is 479 g/mol. The zero-order chi connectivity index (χ0) is 25.6. The molecule has 0 bridgehead atoms. The Kier molecular flexibility index (Phi) is 6.58. The molecule has 2 atom stereocenters. The lowest BCUT2D eigenvalue weighted by molar-refractivity contribution is -0.0290. The average molecular weight is 479 g/mol. The van der Waals surface area contributed by atoms with Crippen molar-refractivity contribution >= 4 is 18.7 Å². The molecule has 2 aliphatic heterocycles. The van der Waals surface area contributed by atoms with Crippen molar-refractivity contribution in [3.05, 3.63) is 65.7 Å². The van der Waals surface area contributed by atoms with E-state index in [2.05, 4.69) is 0 Å². The molecule has 4 rings (SSSR count). The van der Waals surface area contributed by atoms with Crippen LogP contribution in [0.2, 0.25) is 0 Å². The number of rotatable bonds is 7. The summed E-state index contributed by atoms with van der Waals surface area (Å²) in [6, 6.07) is 17.8. The van der Waals surface area contributed by atoms with Crippen molar-refractivity contribution in [1.29, 1.82) is 0 Å². The van der Waals surface area contributed by atoms with Crippen LogP contribution in [0.5, 0.6) is 0 Å². The maximum Gasteiger partial charge on any atom is 0.494 e. The highest BCUT2D eigenvalue weighted by Gasteiger charge is 2.52. The molecule has 0 aromatic heterocycles. The van der Waals surface area contributed by atoms with E-state index < -0.39 is 29.5 Å². The van der Waals surface area contributed by atoms with Gasteiger partial charge in [0.1, 0.15) is 5.60 Å². The topological polar surface area (TPSA) is 68.2 Å². The Bertz CT molecular complexity index is 1030. The van der Waals surface area contributed by atoms with Crippen molar-refractivity contribution in [3.8, 4) is 0 Å². The molecule has 2 aromatic rings. The van der Waals surface area contributed by atoms with Gasteiger partial charge in [-0.2, -0.15) is 0 Å². The summed E-state index contributed by atoms with van der Waals surface area (Å²) in [5, 5.41) is 10.6. The number of hydrogen-bond acceptors (Lipinski definition) is 5. The van der Waals surface area contributed by atoms with Crippen LogP contribution in [0.4, 0.5) is 4.79 Å². The van der Waals surface area contributed by atoms with Crippen LogP contribution >= 0.6 is 0 Å². The minimum Gasteiger partial charge on any atom is -0.440 e. The van der Waals surface area contributed by atoms with Crippen molar-refractivity contribution < 1.29 is 23.9 Å². The van der Waals surface area contributed by atoms with Gasteiger partial charge in [0.15, 0.2) is 0 Å². The van der Waals surface area contributed by atoms with Gasteiger partial charge in [-0.1, -0.05) is 54.6 Å². The summed E-state index contributed by atoms with van der Waals surface area (Å²) >= 11 is 0. The summed E-state index contributed by atoms with van der Waals surface area (Å²) in [5.74, 6) is 0. The Hall–Kier alpha value is -2.35. The van der Waals surface area contributed by atoms with Gasteiger partial charge in [-0.25, -0.2) is 4.79 Å². The highest BCUT2D eigenvalue weighted by atomic mass is 16.7. The van der Waals surface area contributed by atoms with Crippen molar-refractivity contribution in [1.82, 2.24) is 4.90 Å². The molecule has 188 valence electrons. The van der Waals surface area contributed by atoms with Gasteiger partial charge in [0.05, 0.1) is 29.4 Å². The lowest BCUT2D eigenvalue weighted by Gasteiger charge is -2.33. The smallest absolute Gasteiger partial charge is 0.440 e. The third kappa shape index (κ3) is 5.42. The Morgan fingerprint density at radius 2 is 1.57 bits per heavy atom. The largest absolute Gasteiger partial charge is 0.494 e. The first-order valence-corrected chi connectivity index (χ1v) is 12.4. The van der Waals surface area contributed by atoms with Crippen LogP contribution in [0.15, 0.2) is 54.6 Å². The number of aliphatic hydroxyl groups is 1. The second kappa shape index (κ2) is 8.95. The minimum absolute atomic E-state index is 0.186. The van der Waals surface area contributed by atoms with E-state index in [1.165, 1.54) is 0 Å². The van der Waals surface area contributed by atoms with Crippen LogP contribution in [0.3, 0.4) is 0 Å². The highest BCUT2D eigenvalue weighted by molar-refractivity contribution is 6.62. The van der Waals surface area contributed by atoms with Crippen molar-refractivity contribution in [2.75, 3.05) is 6.54 Å². The molecule has 2 aliphatic rings. The van der Waals surface area contributed by atoms with Gasteiger partial charge in [-0.05, 0) is 65.1 Å². The Morgan fingerprint density at radius 3 is 2.11 bits per heavy atom. The third-order valence-corrected chi connectivity index (χ3v) is 7.53. The van der Waals surface area contributed by atoms with E-state index in [-0.39, 0.29) is 12.1 Å². The molecule has 1 unspecified atom stereocenters. The number of nitrogens with zero attached hydrogens (tertiary/aromatic N) is 1. The number of carbonyl (C=O) groups is 1. The normalized spacial score (nSPS) is 24.5. The third-order valence-electron chi connectivity index (χ3n) is 7.53. The van der Waals surface area contributed by atoms with Crippen molar-refractivity contribution in [3.63, 3.8) is 0 Å². The molecular weight excluding hydrogens is 441 g/mol. The Morgan fingerprint density at radius 1 is 1.00 bits per heavy atom. The molecular formula is C28H38BNO5. The number of amides is 1. The predicted octanol–water partition coefficient (Wildman–Crippen LogP) is 4.64. The zero-order valence-corrected chi connectivity index (χ0v) is 22.0. The van der Waals surface area contributed by atoms with Gasteiger partial charge in [-0.3, -0.25) is 4.90 Å². The van der Waals surface area contributed by atoms with Crippen LogP contribution in [-0.4, -0.2) is 52.2 Å². The molecule has 35 heavy (non-hydrogen) atoms. The van der Waals surface area contributed by atoms with E-state index in [0.717, 1.165) is 16.6 Å². The number of hydrogen-bond donors (Lipinski definition) is 1. The van der Waals surface area contributed by atoms with E-state index in [0.29, 0.717) is 19.4 Å². The highest BCUT2D eigenvalue weighted by Crippen LogP contribution is 2.39. The first-order chi connectivity index (χ1) is 16.2. The van der Waals surface area contributed by atoms with Gasteiger partial charge in [-0.15, -0.1) is 0 Å². The minimum atomic E-state index is -0.973. The van der Waals surface area contributed by atoms with E-state index in [1.54, 1.807) is 18.7 Å². The fourth-order valence-corrected chi connectivity index (χ4v) is 5.04. The van der Waals surface area contributed by atoms with Gasteiger partial charge in [0.25, 0.3) is 0 Å². The SMILES string of the molecule is CC(c1ccc(B2OC(C)(C)C(C)(C)O2)cc1)N1C[C@](Cc2ccccc2)(CC(C)(C)O)OC1=O. The Balaban J connectivity index is 1.52. The maximum absolute atomic E-state index is 13.1. The molecule has 0 spiro atoms. The van der Waals surface area contributed by atoms with Crippen LogP contribution in [0.1, 0.15) is 72.1 Å². The number of carbonyl (C=O) groups excluding carboxylic acids is 1.